The van der Waals surface area contributed by atoms with Crippen molar-refractivity contribution >= 4 is 34.0 Å². The monoisotopic (exact) mass is 373 g/mol. The number of aromatic nitrogens is 2. The number of nitrogens with zero attached hydrogens (tertiary/aromatic N) is 2. The second kappa shape index (κ2) is 7.84. The minimum absolute atomic E-state index is 0.0743. The van der Waals surface area contributed by atoms with Crippen LogP contribution >= 0.6 is 23.1 Å². The number of rotatable bonds is 6. The van der Waals surface area contributed by atoms with Crippen molar-refractivity contribution in [2.45, 2.75) is 25.2 Å². The van der Waals surface area contributed by atoms with Crippen LogP contribution in [-0.2, 0) is 6.42 Å². The highest BCUT2D eigenvalue weighted by atomic mass is 32.2. The predicted octanol–water partition coefficient (Wildman–Crippen LogP) is 3.15. The molecule has 1 amide bonds. The van der Waals surface area contributed by atoms with Crippen LogP contribution in [-0.4, -0.2) is 27.6 Å². The van der Waals surface area contributed by atoms with Crippen LogP contribution in [0.4, 0.5) is 0 Å². The van der Waals surface area contributed by atoms with Gasteiger partial charge in [0.2, 0.25) is 0 Å². The largest absolute Gasteiger partial charge is 0.352 e. The number of benzene rings is 1. The van der Waals surface area contributed by atoms with Gasteiger partial charge in [0.05, 0.1) is 5.56 Å². The SMILES string of the molecule is CCSc1ccccc1C(=O)NCCc1csc2nc(C)cc(=O)n12. The van der Waals surface area contributed by atoms with E-state index in [1.165, 1.54) is 17.4 Å². The fraction of sp³-hybridized carbons (Fsp3) is 0.278. The molecule has 0 spiro atoms. The fourth-order valence-corrected chi connectivity index (χ4v) is 4.37. The number of nitrogens with one attached hydrogen (secondary N) is 1. The third-order valence-corrected chi connectivity index (χ3v) is 5.53. The fourth-order valence-electron chi connectivity index (χ4n) is 2.59. The molecule has 25 heavy (non-hydrogen) atoms. The van der Waals surface area contributed by atoms with Crippen LogP contribution in [0, 0.1) is 6.92 Å². The first-order chi connectivity index (χ1) is 12.1. The summed E-state index contributed by atoms with van der Waals surface area (Å²) in [6.07, 6.45) is 0.583. The Morgan fingerprint density at radius 1 is 1.36 bits per heavy atom. The van der Waals surface area contributed by atoms with E-state index < -0.39 is 0 Å². The van der Waals surface area contributed by atoms with Gasteiger partial charge in [-0.1, -0.05) is 19.1 Å². The molecule has 1 aromatic carbocycles. The third-order valence-electron chi connectivity index (χ3n) is 3.70. The molecular formula is C18H19N3O2S2. The Hall–Kier alpha value is -2.12. The lowest BCUT2D eigenvalue weighted by molar-refractivity contribution is 0.0951. The normalized spacial score (nSPS) is 11.0. The zero-order chi connectivity index (χ0) is 17.8. The van der Waals surface area contributed by atoms with Gasteiger partial charge in [0, 0.05) is 40.7 Å². The lowest BCUT2D eigenvalue weighted by Crippen LogP contribution is -2.27. The van der Waals surface area contributed by atoms with Gasteiger partial charge in [-0.3, -0.25) is 14.0 Å². The number of amides is 1. The van der Waals surface area contributed by atoms with Gasteiger partial charge in [-0.2, -0.15) is 0 Å². The number of hydrogen-bond donors (Lipinski definition) is 1. The first-order valence-electron chi connectivity index (χ1n) is 8.07. The molecule has 5 nitrogen and oxygen atoms in total. The minimum Gasteiger partial charge on any atom is -0.352 e. The molecule has 0 radical (unpaired) electrons. The zero-order valence-corrected chi connectivity index (χ0v) is 15.7. The van der Waals surface area contributed by atoms with Crippen LogP contribution in [0.2, 0.25) is 0 Å². The van der Waals surface area contributed by atoms with E-state index in [0.29, 0.717) is 23.5 Å². The predicted molar refractivity (Wildman–Crippen MR) is 103 cm³/mol. The van der Waals surface area contributed by atoms with Crippen molar-refractivity contribution in [2.24, 2.45) is 0 Å². The molecule has 2 aromatic heterocycles. The van der Waals surface area contributed by atoms with E-state index in [4.69, 9.17) is 0 Å². The Kier molecular flexibility index (Phi) is 5.55. The summed E-state index contributed by atoms with van der Waals surface area (Å²) >= 11 is 3.10. The summed E-state index contributed by atoms with van der Waals surface area (Å²) in [6.45, 7) is 4.34. The van der Waals surface area contributed by atoms with Crippen LogP contribution in [0.1, 0.15) is 28.7 Å². The summed E-state index contributed by atoms with van der Waals surface area (Å²) in [7, 11) is 0. The van der Waals surface area contributed by atoms with Gasteiger partial charge in [0.1, 0.15) is 0 Å². The smallest absolute Gasteiger partial charge is 0.258 e. The highest BCUT2D eigenvalue weighted by molar-refractivity contribution is 7.99. The number of carbonyl (C=O) groups is 1. The van der Waals surface area contributed by atoms with Crippen LogP contribution in [0.25, 0.3) is 4.96 Å². The summed E-state index contributed by atoms with van der Waals surface area (Å²) in [5.41, 5.74) is 2.21. The quantitative estimate of drug-likeness (QED) is 0.674. The third kappa shape index (κ3) is 3.93. The molecule has 3 rings (SSSR count). The van der Waals surface area contributed by atoms with Crippen molar-refractivity contribution in [1.82, 2.24) is 14.7 Å². The Balaban J connectivity index is 1.70. The number of fused-ring (bicyclic) bond motifs is 1. The molecule has 0 atom stereocenters. The topological polar surface area (TPSA) is 63.5 Å². The number of thioether (sulfide) groups is 1. The molecule has 0 unspecified atom stereocenters. The van der Waals surface area contributed by atoms with Gasteiger partial charge >= 0.3 is 0 Å². The molecule has 1 N–H and O–H groups in total. The molecule has 7 heteroatoms. The number of carbonyl (C=O) groups excluding carboxylic acids is 1. The van der Waals surface area contributed by atoms with Gasteiger partial charge in [-0.25, -0.2) is 4.98 Å². The van der Waals surface area contributed by atoms with Gasteiger partial charge in [0.25, 0.3) is 11.5 Å². The molecule has 0 saturated heterocycles. The standard InChI is InChI=1S/C18H19N3O2S2/c1-3-24-15-7-5-4-6-14(15)17(23)19-9-8-13-11-25-18-20-12(2)10-16(22)21(13)18/h4-7,10-11H,3,8-9H2,1-2H3,(H,19,23). The average Bonchev–Trinajstić information content (AvgIpc) is 2.98. The maximum Gasteiger partial charge on any atom is 0.258 e. The first-order valence-corrected chi connectivity index (χ1v) is 9.93. The van der Waals surface area contributed by atoms with Crippen molar-refractivity contribution < 1.29 is 4.79 Å². The van der Waals surface area contributed by atoms with E-state index in [2.05, 4.69) is 17.2 Å². The van der Waals surface area contributed by atoms with Gasteiger partial charge in [-0.05, 0) is 24.8 Å². The molecule has 0 fully saturated rings. The second-order valence-electron chi connectivity index (χ2n) is 5.52. The van der Waals surface area contributed by atoms with Crippen LogP contribution < -0.4 is 10.9 Å². The Labute approximate surface area is 154 Å². The summed E-state index contributed by atoms with van der Waals surface area (Å²) in [4.78, 5) is 30.6. The summed E-state index contributed by atoms with van der Waals surface area (Å²) in [5, 5.41) is 4.87. The van der Waals surface area contributed by atoms with Crippen molar-refractivity contribution in [2.75, 3.05) is 12.3 Å². The van der Waals surface area contributed by atoms with E-state index >= 15 is 0 Å². The van der Waals surface area contributed by atoms with E-state index in [9.17, 15) is 9.59 Å². The molecule has 0 bridgehead atoms. The molecule has 3 aromatic rings. The van der Waals surface area contributed by atoms with Crippen LogP contribution in [0.15, 0.2) is 45.4 Å². The Morgan fingerprint density at radius 2 is 2.16 bits per heavy atom. The summed E-state index contributed by atoms with van der Waals surface area (Å²) in [5.74, 6) is 0.831. The molecular weight excluding hydrogens is 354 g/mol. The number of hydrogen-bond acceptors (Lipinski definition) is 5. The van der Waals surface area contributed by atoms with Crippen molar-refractivity contribution in [1.29, 1.82) is 0 Å². The van der Waals surface area contributed by atoms with E-state index in [1.807, 2.05) is 36.6 Å². The highest BCUT2D eigenvalue weighted by Gasteiger charge is 2.12. The summed E-state index contributed by atoms with van der Waals surface area (Å²) < 4.78 is 1.62. The molecule has 2 heterocycles. The minimum atomic E-state index is -0.0857. The molecule has 0 aliphatic heterocycles. The Morgan fingerprint density at radius 3 is 2.96 bits per heavy atom. The number of aryl methyl sites for hydroxylation is 1. The highest BCUT2D eigenvalue weighted by Crippen LogP contribution is 2.22. The van der Waals surface area contributed by atoms with Crippen molar-refractivity contribution in [3.8, 4) is 0 Å². The second-order valence-corrected chi connectivity index (χ2v) is 7.66. The van der Waals surface area contributed by atoms with E-state index in [0.717, 1.165) is 22.0 Å². The van der Waals surface area contributed by atoms with Gasteiger partial charge in [-0.15, -0.1) is 23.1 Å². The van der Waals surface area contributed by atoms with E-state index in [-0.39, 0.29) is 11.5 Å². The number of thiazole rings is 1. The molecule has 0 aliphatic rings. The first kappa shape index (κ1) is 17.7. The Bertz CT molecular complexity index is 962. The van der Waals surface area contributed by atoms with Gasteiger partial charge < -0.3 is 5.32 Å². The van der Waals surface area contributed by atoms with Crippen LogP contribution in [0.5, 0.6) is 0 Å². The lowest BCUT2D eigenvalue weighted by atomic mass is 10.2. The van der Waals surface area contributed by atoms with Gasteiger partial charge in [0.15, 0.2) is 4.96 Å². The average molecular weight is 374 g/mol. The zero-order valence-electron chi connectivity index (χ0n) is 14.1. The van der Waals surface area contributed by atoms with Crippen molar-refractivity contribution in [3.05, 3.63) is 63.0 Å². The van der Waals surface area contributed by atoms with Crippen LogP contribution in [0.3, 0.4) is 0 Å². The maximum absolute atomic E-state index is 12.4. The maximum atomic E-state index is 12.4. The molecule has 130 valence electrons. The van der Waals surface area contributed by atoms with E-state index in [1.54, 1.807) is 16.2 Å². The van der Waals surface area contributed by atoms with Crippen molar-refractivity contribution in [3.63, 3.8) is 0 Å². The molecule has 0 saturated carbocycles. The summed E-state index contributed by atoms with van der Waals surface area (Å²) in [6, 6.07) is 9.13. The lowest BCUT2D eigenvalue weighted by Gasteiger charge is -2.09. The molecule has 0 aliphatic carbocycles.